The molecule has 37 heavy (non-hydrogen) atoms. The van der Waals surface area contributed by atoms with E-state index >= 15 is 0 Å². The Kier molecular flexibility index (Phi) is 8.64. The minimum Gasteiger partial charge on any atom is -0.489 e. The maximum Gasteiger partial charge on any atom is 0.230 e. The van der Waals surface area contributed by atoms with Gasteiger partial charge in [0, 0.05) is 5.69 Å². The summed E-state index contributed by atoms with van der Waals surface area (Å²) in [5.74, 6) is 0.262. The molecule has 0 spiro atoms. The number of hydrogen-bond donors (Lipinski definition) is 1. The van der Waals surface area contributed by atoms with Crippen LogP contribution in [0.2, 0.25) is 0 Å². The van der Waals surface area contributed by atoms with E-state index < -0.39 is 6.10 Å². The summed E-state index contributed by atoms with van der Waals surface area (Å²) < 4.78 is 31.3. The van der Waals surface area contributed by atoms with Crippen LogP contribution in [0, 0.1) is 11.6 Å². The number of anilines is 1. The molecule has 4 aromatic carbocycles. The van der Waals surface area contributed by atoms with Crippen molar-refractivity contribution in [3.8, 4) is 5.75 Å². The first kappa shape index (κ1) is 26.0. The predicted molar refractivity (Wildman–Crippen MR) is 140 cm³/mol. The summed E-state index contributed by atoms with van der Waals surface area (Å²) >= 11 is 0. The number of aliphatic hydroxyl groups excluding tert-OH is 1. The third-order valence-electron chi connectivity index (χ3n) is 6.21. The summed E-state index contributed by atoms with van der Waals surface area (Å²) in [6.07, 6.45) is 0.656. The fourth-order valence-electron chi connectivity index (χ4n) is 4.06. The Bertz CT molecular complexity index is 1280. The summed E-state index contributed by atoms with van der Waals surface area (Å²) in [5.41, 5.74) is 3.65. The van der Waals surface area contributed by atoms with Crippen LogP contribution in [-0.2, 0) is 11.4 Å². The smallest absolute Gasteiger partial charge is 0.230 e. The van der Waals surface area contributed by atoms with E-state index in [0.717, 1.165) is 28.1 Å². The lowest BCUT2D eigenvalue weighted by atomic mass is 9.93. The summed E-state index contributed by atoms with van der Waals surface area (Å²) in [4.78, 5) is 13.7. The van der Waals surface area contributed by atoms with E-state index in [2.05, 4.69) is 0 Å². The van der Waals surface area contributed by atoms with Gasteiger partial charge in [0.2, 0.25) is 5.91 Å². The first-order chi connectivity index (χ1) is 17.9. The molecule has 1 N–H and O–H groups in total. The monoisotopic (exact) mass is 501 g/mol. The SMILES string of the molecule is CCC(O)c1ccc(F)cc1.O=C1C[C@@H](c2ccc(OCc3ccccc3)cc2)N1c1ccc(F)cc1. The molecule has 1 saturated heterocycles. The summed E-state index contributed by atoms with van der Waals surface area (Å²) in [7, 11) is 0. The van der Waals surface area contributed by atoms with Crippen molar-refractivity contribution < 1.29 is 23.4 Å². The van der Waals surface area contributed by atoms with Gasteiger partial charge in [0.15, 0.2) is 0 Å². The molecule has 190 valence electrons. The van der Waals surface area contributed by atoms with E-state index in [1.807, 2.05) is 61.5 Å². The van der Waals surface area contributed by atoms with E-state index in [-0.39, 0.29) is 23.6 Å². The first-order valence-corrected chi connectivity index (χ1v) is 12.2. The van der Waals surface area contributed by atoms with Gasteiger partial charge in [0.25, 0.3) is 0 Å². The van der Waals surface area contributed by atoms with Crippen LogP contribution in [0.25, 0.3) is 0 Å². The summed E-state index contributed by atoms with van der Waals surface area (Å²) in [5, 5.41) is 9.30. The van der Waals surface area contributed by atoms with Crippen LogP contribution < -0.4 is 9.64 Å². The molecule has 2 atom stereocenters. The Labute approximate surface area is 215 Å². The van der Waals surface area contributed by atoms with E-state index in [1.54, 1.807) is 29.2 Å². The Hall–Kier alpha value is -4.03. The second-order valence-corrected chi connectivity index (χ2v) is 8.78. The largest absolute Gasteiger partial charge is 0.489 e. The molecule has 1 heterocycles. The molecule has 0 aromatic heterocycles. The maximum absolute atomic E-state index is 13.1. The number of hydrogen-bond acceptors (Lipinski definition) is 3. The standard InChI is InChI=1S/C22H18FNO2.C9H11FO/c23-18-8-10-19(11-9-18)24-21(14-22(24)25)17-6-12-20(13-7-17)26-15-16-4-2-1-3-5-16;1-2-9(11)7-3-5-8(10)6-4-7/h1-13,21H,14-15H2;3-6,9,11H,2H2,1H3/t21-;/m0./s1. The van der Waals surface area contributed by atoms with Crippen molar-refractivity contribution in [2.45, 2.75) is 38.5 Å². The Morgan fingerprint density at radius 1 is 0.865 bits per heavy atom. The van der Waals surface area contributed by atoms with Crippen molar-refractivity contribution in [1.29, 1.82) is 0 Å². The van der Waals surface area contributed by atoms with E-state index in [1.165, 1.54) is 24.3 Å². The van der Waals surface area contributed by atoms with Gasteiger partial charge < -0.3 is 14.7 Å². The topological polar surface area (TPSA) is 49.8 Å². The van der Waals surface area contributed by atoms with Gasteiger partial charge in [-0.25, -0.2) is 8.78 Å². The highest BCUT2D eigenvalue weighted by Crippen LogP contribution is 2.39. The fourth-order valence-corrected chi connectivity index (χ4v) is 4.06. The molecule has 1 amide bonds. The lowest BCUT2D eigenvalue weighted by molar-refractivity contribution is -0.124. The number of carbonyl (C=O) groups is 1. The molecule has 0 saturated carbocycles. The number of aliphatic hydroxyl groups is 1. The fraction of sp³-hybridized carbons (Fsp3) is 0.194. The zero-order chi connectivity index (χ0) is 26.2. The molecule has 4 aromatic rings. The quantitative estimate of drug-likeness (QED) is 0.274. The molecule has 1 unspecified atom stereocenters. The number of rotatable bonds is 7. The zero-order valence-corrected chi connectivity index (χ0v) is 20.6. The van der Waals surface area contributed by atoms with E-state index in [4.69, 9.17) is 4.74 Å². The number of halogens is 2. The van der Waals surface area contributed by atoms with Crippen molar-refractivity contribution in [3.63, 3.8) is 0 Å². The number of β-lactam (4-membered cyclic amide) rings is 1. The van der Waals surface area contributed by atoms with Crippen LogP contribution in [0.3, 0.4) is 0 Å². The molecule has 1 aliphatic rings. The van der Waals surface area contributed by atoms with Gasteiger partial charge in [-0.05, 0) is 71.6 Å². The van der Waals surface area contributed by atoms with Crippen molar-refractivity contribution in [2.24, 2.45) is 0 Å². The number of nitrogens with zero attached hydrogens (tertiary/aromatic N) is 1. The lowest BCUT2D eigenvalue weighted by Crippen LogP contribution is -2.46. The molecule has 0 aliphatic carbocycles. The minimum atomic E-state index is -0.462. The van der Waals surface area contributed by atoms with Gasteiger partial charge >= 0.3 is 0 Å². The highest BCUT2D eigenvalue weighted by atomic mass is 19.1. The molecule has 6 heteroatoms. The van der Waals surface area contributed by atoms with Gasteiger partial charge in [-0.1, -0.05) is 61.5 Å². The van der Waals surface area contributed by atoms with Crippen LogP contribution in [0.5, 0.6) is 5.75 Å². The van der Waals surface area contributed by atoms with Gasteiger partial charge in [-0.2, -0.15) is 0 Å². The highest BCUT2D eigenvalue weighted by Gasteiger charge is 2.38. The van der Waals surface area contributed by atoms with Crippen molar-refractivity contribution in [3.05, 3.63) is 131 Å². The van der Waals surface area contributed by atoms with Crippen molar-refractivity contribution >= 4 is 11.6 Å². The molecule has 0 radical (unpaired) electrons. The molecule has 5 rings (SSSR count). The Morgan fingerprint density at radius 3 is 2.03 bits per heavy atom. The maximum atomic E-state index is 13.1. The zero-order valence-electron chi connectivity index (χ0n) is 20.6. The van der Waals surface area contributed by atoms with Crippen LogP contribution >= 0.6 is 0 Å². The molecular weight excluding hydrogens is 472 g/mol. The van der Waals surface area contributed by atoms with Gasteiger partial charge in [-0.3, -0.25) is 4.79 Å². The van der Waals surface area contributed by atoms with Crippen LogP contribution in [0.15, 0.2) is 103 Å². The Morgan fingerprint density at radius 2 is 1.46 bits per heavy atom. The third kappa shape index (κ3) is 6.80. The number of ether oxygens (including phenoxy) is 1. The van der Waals surface area contributed by atoms with Crippen LogP contribution in [0.4, 0.5) is 14.5 Å². The average Bonchev–Trinajstić information content (AvgIpc) is 2.93. The molecule has 1 aliphatic heterocycles. The minimum absolute atomic E-state index is 0.0175. The second-order valence-electron chi connectivity index (χ2n) is 8.78. The van der Waals surface area contributed by atoms with Crippen LogP contribution in [0.1, 0.15) is 48.6 Å². The molecule has 0 bridgehead atoms. The molecule has 1 fully saturated rings. The van der Waals surface area contributed by atoms with Crippen LogP contribution in [-0.4, -0.2) is 11.0 Å². The van der Waals surface area contributed by atoms with Gasteiger partial charge in [-0.15, -0.1) is 0 Å². The number of benzene rings is 4. The first-order valence-electron chi connectivity index (χ1n) is 12.2. The number of amides is 1. The van der Waals surface area contributed by atoms with Crippen molar-refractivity contribution in [1.82, 2.24) is 0 Å². The Balaban J connectivity index is 0.000000245. The lowest BCUT2D eigenvalue weighted by Gasteiger charge is -2.40. The van der Waals surface area contributed by atoms with E-state index in [0.29, 0.717) is 19.4 Å². The second kappa shape index (κ2) is 12.3. The number of carbonyl (C=O) groups excluding carboxylic acids is 1. The highest BCUT2D eigenvalue weighted by molar-refractivity contribution is 6.01. The predicted octanol–water partition coefficient (Wildman–Crippen LogP) is 7.15. The average molecular weight is 502 g/mol. The summed E-state index contributed by atoms with van der Waals surface area (Å²) in [6.45, 7) is 2.40. The van der Waals surface area contributed by atoms with Gasteiger partial charge in [0.05, 0.1) is 18.6 Å². The summed E-state index contributed by atoms with van der Waals surface area (Å²) in [6, 6.07) is 29.7. The van der Waals surface area contributed by atoms with E-state index in [9.17, 15) is 18.7 Å². The van der Waals surface area contributed by atoms with Crippen molar-refractivity contribution in [2.75, 3.05) is 4.90 Å². The normalized spacial score (nSPS) is 15.3. The van der Waals surface area contributed by atoms with Gasteiger partial charge in [0.1, 0.15) is 24.0 Å². The third-order valence-corrected chi connectivity index (χ3v) is 6.21. The molecule has 4 nitrogen and oxygen atoms in total. The molecular formula is C31H29F2NO3.